The van der Waals surface area contributed by atoms with Crippen molar-refractivity contribution in [1.29, 1.82) is 0 Å². The minimum atomic E-state index is 0.157. The van der Waals surface area contributed by atoms with Crippen LogP contribution < -0.4 is 0 Å². The molecule has 0 spiro atoms. The van der Waals surface area contributed by atoms with E-state index < -0.39 is 0 Å². The monoisotopic (exact) mass is 248 g/mol. The molecule has 0 aliphatic rings. The van der Waals surface area contributed by atoms with Gasteiger partial charge in [-0.2, -0.15) is 0 Å². The van der Waals surface area contributed by atoms with Crippen LogP contribution in [-0.2, 0) is 4.79 Å². The van der Waals surface area contributed by atoms with Gasteiger partial charge < -0.3 is 0 Å². The average molecular weight is 248 g/mol. The molecule has 1 aromatic rings. The Hall–Kier alpha value is -1.35. The molecule has 0 aliphatic heterocycles. The lowest BCUT2D eigenvalue weighted by Gasteiger charge is -1.99. The van der Waals surface area contributed by atoms with Crippen LogP contribution in [-0.4, -0.2) is 17.2 Å². The Labute approximate surface area is 106 Å². The molecule has 0 N–H and O–H groups in total. The molecule has 17 heavy (non-hydrogen) atoms. The zero-order valence-electron chi connectivity index (χ0n) is 10.1. The van der Waals surface area contributed by atoms with Crippen molar-refractivity contribution >= 4 is 29.2 Å². The van der Waals surface area contributed by atoms with Crippen LogP contribution in [0.4, 0.5) is 0 Å². The van der Waals surface area contributed by atoms with Crippen molar-refractivity contribution in [1.82, 2.24) is 0 Å². The number of aldehydes is 1. The van der Waals surface area contributed by atoms with Crippen LogP contribution in [0.5, 0.6) is 0 Å². The summed E-state index contributed by atoms with van der Waals surface area (Å²) in [6.45, 7) is 3.50. The number of carbonyl (C=O) groups is 2. The van der Waals surface area contributed by atoms with E-state index in [1.54, 1.807) is 6.92 Å². The van der Waals surface area contributed by atoms with Crippen molar-refractivity contribution in [3.8, 4) is 0 Å². The number of rotatable bonds is 5. The van der Waals surface area contributed by atoms with E-state index in [0.717, 1.165) is 35.2 Å². The molecule has 1 rings (SSSR count). The topological polar surface area (TPSA) is 34.1 Å². The first-order valence-corrected chi connectivity index (χ1v) is 6.48. The van der Waals surface area contributed by atoms with Gasteiger partial charge in [-0.3, -0.25) is 9.59 Å². The van der Waals surface area contributed by atoms with Crippen LogP contribution in [0.25, 0.3) is 6.08 Å². The van der Waals surface area contributed by atoms with Gasteiger partial charge in [-0.25, -0.2) is 0 Å². The molecular weight excluding hydrogens is 232 g/mol. The van der Waals surface area contributed by atoms with Gasteiger partial charge >= 0.3 is 0 Å². The maximum Gasteiger partial charge on any atom is 0.185 e. The fourth-order valence-corrected chi connectivity index (χ4v) is 1.97. The highest BCUT2D eigenvalue weighted by atomic mass is 32.2. The van der Waals surface area contributed by atoms with Crippen LogP contribution in [0.15, 0.2) is 24.3 Å². The fourth-order valence-electron chi connectivity index (χ4n) is 1.42. The standard InChI is InChI=1S/C14H16O2S/c1-11-9-13(6-7-14(11)10-15)5-3-4-8-17-12(2)16/h3,5-7,9-10H,4,8H2,1-2H3. The van der Waals surface area contributed by atoms with Crippen LogP contribution >= 0.6 is 11.8 Å². The maximum atomic E-state index is 10.7. The van der Waals surface area contributed by atoms with Crippen molar-refractivity contribution in [2.24, 2.45) is 0 Å². The van der Waals surface area contributed by atoms with Crippen molar-refractivity contribution in [2.75, 3.05) is 5.75 Å². The van der Waals surface area contributed by atoms with E-state index >= 15 is 0 Å². The van der Waals surface area contributed by atoms with Crippen molar-refractivity contribution in [3.05, 3.63) is 41.0 Å². The Morgan fingerprint density at radius 2 is 2.18 bits per heavy atom. The number of allylic oxidation sites excluding steroid dienone is 1. The normalized spacial score (nSPS) is 10.7. The van der Waals surface area contributed by atoms with E-state index in [4.69, 9.17) is 0 Å². The van der Waals surface area contributed by atoms with Gasteiger partial charge in [-0.1, -0.05) is 42.1 Å². The molecule has 0 saturated carbocycles. The van der Waals surface area contributed by atoms with Gasteiger partial charge in [0.15, 0.2) is 5.12 Å². The minimum absolute atomic E-state index is 0.157. The second-order valence-corrected chi connectivity index (χ2v) is 5.04. The van der Waals surface area contributed by atoms with Crippen LogP contribution in [0.1, 0.15) is 34.8 Å². The summed E-state index contributed by atoms with van der Waals surface area (Å²) in [6.07, 6.45) is 5.80. The SMILES string of the molecule is CC(=O)SCCC=Cc1ccc(C=O)c(C)c1. The Morgan fingerprint density at radius 1 is 1.41 bits per heavy atom. The number of thioether (sulfide) groups is 1. The number of carbonyl (C=O) groups excluding carboxylic acids is 2. The van der Waals surface area contributed by atoms with Gasteiger partial charge in [0.25, 0.3) is 0 Å². The van der Waals surface area contributed by atoms with Crippen molar-refractivity contribution in [3.63, 3.8) is 0 Å². The second-order valence-electron chi connectivity index (χ2n) is 3.76. The minimum Gasteiger partial charge on any atom is -0.298 e. The second kappa shape index (κ2) is 7.07. The fraction of sp³-hybridized carbons (Fsp3) is 0.286. The highest BCUT2D eigenvalue weighted by molar-refractivity contribution is 8.13. The summed E-state index contributed by atoms with van der Waals surface area (Å²) in [5.74, 6) is 0.817. The highest BCUT2D eigenvalue weighted by Gasteiger charge is 1.96. The summed E-state index contributed by atoms with van der Waals surface area (Å²) in [7, 11) is 0. The number of benzene rings is 1. The molecule has 1 aromatic carbocycles. The molecule has 90 valence electrons. The third-order valence-electron chi connectivity index (χ3n) is 2.32. The first kappa shape index (κ1) is 13.7. The Kier molecular flexibility index (Phi) is 5.70. The van der Waals surface area contributed by atoms with E-state index in [9.17, 15) is 9.59 Å². The largest absolute Gasteiger partial charge is 0.298 e. The molecule has 0 aliphatic carbocycles. The molecule has 0 radical (unpaired) electrons. The summed E-state index contributed by atoms with van der Waals surface area (Å²) >= 11 is 1.34. The predicted molar refractivity (Wildman–Crippen MR) is 73.4 cm³/mol. The zero-order valence-corrected chi connectivity index (χ0v) is 10.9. The summed E-state index contributed by atoms with van der Waals surface area (Å²) < 4.78 is 0. The highest BCUT2D eigenvalue weighted by Crippen LogP contribution is 2.11. The smallest absolute Gasteiger partial charge is 0.185 e. The van der Waals surface area contributed by atoms with Crippen LogP contribution in [0.2, 0.25) is 0 Å². The molecular formula is C14H16O2S. The van der Waals surface area contributed by atoms with E-state index in [1.807, 2.05) is 37.3 Å². The number of aryl methyl sites for hydroxylation is 1. The van der Waals surface area contributed by atoms with Crippen LogP contribution in [0.3, 0.4) is 0 Å². The number of hydrogen-bond donors (Lipinski definition) is 0. The Balaban J connectivity index is 2.51. The molecule has 0 amide bonds. The van der Waals surface area contributed by atoms with Gasteiger partial charge in [-0.15, -0.1) is 0 Å². The summed E-state index contributed by atoms with van der Waals surface area (Å²) in [5, 5.41) is 0.157. The predicted octanol–water partition coefficient (Wildman–Crippen LogP) is 3.49. The molecule has 0 bridgehead atoms. The van der Waals surface area contributed by atoms with Gasteiger partial charge in [-0.05, 0) is 24.5 Å². The lowest BCUT2D eigenvalue weighted by molar-refractivity contribution is -0.109. The Bertz CT molecular complexity index is 436. The molecule has 3 heteroatoms. The zero-order chi connectivity index (χ0) is 12.7. The van der Waals surface area contributed by atoms with Crippen molar-refractivity contribution in [2.45, 2.75) is 20.3 Å². The summed E-state index contributed by atoms with van der Waals surface area (Å²) in [5.41, 5.74) is 2.80. The third-order valence-corrected chi connectivity index (χ3v) is 3.17. The van der Waals surface area contributed by atoms with Gasteiger partial charge in [0.1, 0.15) is 6.29 Å². The third kappa shape index (κ3) is 5.00. The lowest BCUT2D eigenvalue weighted by Crippen LogP contribution is -1.86. The van der Waals surface area contributed by atoms with E-state index in [-0.39, 0.29) is 5.12 Å². The maximum absolute atomic E-state index is 10.7. The molecule has 0 atom stereocenters. The van der Waals surface area contributed by atoms with Gasteiger partial charge in [0.2, 0.25) is 0 Å². The molecule has 0 fully saturated rings. The van der Waals surface area contributed by atoms with Gasteiger partial charge in [0.05, 0.1) is 0 Å². The summed E-state index contributed by atoms with van der Waals surface area (Å²) in [6, 6.07) is 5.73. The first-order chi connectivity index (χ1) is 8.13. The van der Waals surface area contributed by atoms with Gasteiger partial charge in [0, 0.05) is 18.2 Å². The molecule has 0 unspecified atom stereocenters. The number of hydrogen-bond acceptors (Lipinski definition) is 3. The quantitative estimate of drug-likeness (QED) is 0.591. The molecule has 0 aromatic heterocycles. The average Bonchev–Trinajstić information content (AvgIpc) is 2.28. The summed E-state index contributed by atoms with van der Waals surface area (Å²) in [4.78, 5) is 21.3. The van der Waals surface area contributed by atoms with E-state index in [2.05, 4.69) is 0 Å². The van der Waals surface area contributed by atoms with Crippen molar-refractivity contribution < 1.29 is 9.59 Å². The first-order valence-electron chi connectivity index (χ1n) is 5.49. The molecule has 0 saturated heterocycles. The van der Waals surface area contributed by atoms with E-state index in [1.165, 1.54) is 11.8 Å². The van der Waals surface area contributed by atoms with E-state index in [0.29, 0.717) is 0 Å². The molecule has 0 heterocycles. The Morgan fingerprint density at radius 3 is 2.76 bits per heavy atom. The lowest BCUT2D eigenvalue weighted by atomic mass is 10.1. The van der Waals surface area contributed by atoms with Crippen LogP contribution in [0, 0.1) is 6.92 Å². The molecule has 2 nitrogen and oxygen atoms in total.